The molecular formula is C10H19F2NO. The minimum absolute atomic E-state index is 0.0616. The van der Waals surface area contributed by atoms with Gasteiger partial charge in [0, 0.05) is 6.04 Å². The van der Waals surface area contributed by atoms with E-state index in [1.165, 1.54) is 0 Å². The Balaban J connectivity index is 2.54. The first-order chi connectivity index (χ1) is 6.61. The minimum Gasteiger partial charge on any atom is -0.318 e. The van der Waals surface area contributed by atoms with Crippen LogP contribution in [0.25, 0.3) is 0 Å². The molecule has 0 radical (unpaired) electrons. The van der Waals surface area contributed by atoms with Crippen molar-refractivity contribution >= 4 is 0 Å². The lowest BCUT2D eigenvalue weighted by atomic mass is 9.96. The molecule has 0 spiro atoms. The molecule has 0 saturated carbocycles. The Hall–Kier alpha value is -0.220. The largest absolute Gasteiger partial charge is 0.345 e. The number of alkyl halides is 2. The van der Waals surface area contributed by atoms with Crippen LogP contribution < -0.4 is 5.32 Å². The maximum atomic E-state index is 12.1. The van der Waals surface area contributed by atoms with Crippen LogP contribution in [-0.2, 0) is 4.74 Å². The fourth-order valence-electron chi connectivity index (χ4n) is 2.00. The van der Waals surface area contributed by atoms with E-state index in [4.69, 9.17) is 0 Å². The van der Waals surface area contributed by atoms with E-state index in [9.17, 15) is 8.78 Å². The lowest BCUT2D eigenvalue weighted by molar-refractivity contribution is -0.173. The summed E-state index contributed by atoms with van der Waals surface area (Å²) in [7, 11) is 0. The van der Waals surface area contributed by atoms with E-state index >= 15 is 0 Å². The number of halogens is 2. The lowest BCUT2D eigenvalue weighted by Gasteiger charge is -2.28. The summed E-state index contributed by atoms with van der Waals surface area (Å²) in [5, 5.41) is 3.28. The zero-order valence-electron chi connectivity index (χ0n) is 8.80. The Labute approximate surface area is 84.0 Å². The molecule has 0 bridgehead atoms. The summed E-state index contributed by atoms with van der Waals surface area (Å²) in [4.78, 5) is 0. The number of hydrogen-bond donors (Lipinski definition) is 1. The first-order valence-electron chi connectivity index (χ1n) is 5.28. The quantitative estimate of drug-likeness (QED) is 0.767. The third-order valence-electron chi connectivity index (χ3n) is 2.69. The molecule has 2 unspecified atom stereocenters. The molecule has 14 heavy (non-hydrogen) atoms. The summed E-state index contributed by atoms with van der Waals surface area (Å²) in [6.45, 7) is 2.32. The summed E-state index contributed by atoms with van der Waals surface area (Å²) in [5.41, 5.74) is 0. The Morgan fingerprint density at radius 1 is 1.29 bits per heavy atom. The average molecular weight is 207 g/mol. The van der Waals surface area contributed by atoms with Crippen molar-refractivity contribution in [2.24, 2.45) is 5.92 Å². The highest BCUT2D eigenvalue weighted by Gasteiger charge is 2.28. The maximum absolute atomic E-state index is 12.1. The highest BCUT2D eigenvalue weighted by molar-refractivity contribution is 4.82. The molecule has 1 rings (SSSR count). The molecule has 0 amide bonds. The van der Waals surface area contributed by atoms with Gasteiger partial charge in [-0.3, -0.25) is 0 Å². The Morgan fingerprint density at radius 2 is 2.00 bits per heavy atom. The van der Waals surface area contributed by atoms with E-state index in [0.29, 0.717) is 5.92 Å². The molecule has 0 aliphatic carbocycles. The van der Waals surface area contributed by atoms with Gasteiger partial charge in [-0.2, -0.15) is 8.78 Å². The molecule has 0 aromatic rings. The summed E-state index contributed by atoms with van der Waals surface area (Å²) in [6, 6.07) is 0.0616. The van der Waals surface area contributed by atoms with Gasteiger partial charge < -0.3 is 10.1 Å². The number of ether oxygens (including phenoxy) is 1. The molecule has 0 aromatic heterocycles. The SMILES string of the molecule is CC(C)C1NCCCCC1OC(F)F. The number of nitrogens with one attached hydrogen (secondary N) is 1. The zero-order valence-corrected chi connectivity index (χ0v) is 8.80. The molecule has 2 atom stereocenters. The van der Waals surface area contributed by atoms with Gasteiger partial charge in [0.05, 0.1) is 6.10 Å². The second-order valence-corrected chi connectivity index (χ2v) is 4.15. The maximum Gasteiger partial charge on any atom is 0.345 e. The van der Waals surface area contributed by atoms with Crippen LogP contribution >= 0.6 is 0 Å². The van der Waals surface area contributed by atoms with Crippen molar-refractivity contribution in [1.29, 1.82) is 0 Å². The van der Waals surface area contributed by atoms with Gasteiger partial charge in [0.25, 0.3) is 0 Å². The van der Waals surface area contributed by atoms with Crippen molar-refractivity contribution in [3.8, 4) is 0 Å². The van der Waals surface area contributed by atoms with Crippen LogP contribution in [0.1, 0.15) is 33.1 Å². The number of rotatable bonds is 3. The molecule has 84 valence electrons. The monoisotopic (exact) mass is 207 g/mol. The van der Waals surface area contributed by atoms with Crippen molar-refractivity contribution in [3.63, 3.8) is 0 Å². The van der Waals surface area contributed by atoms with Gasteiger partial charge >= 0.3 is 6.61 Å². The summed E-state index contributed by atoms with van der Waals surface area (Å²) in [6.07, 6.45) is 2.41. The molecule has 1 aliphatic rings. The number of hydrogen-bond acceptors (Lipinski definition) is 2. The molecule has 2 nitrogen and oxygen atoms in total. The van der Waals surface area contributed by atoms with Gasteiger partial charge in [0.2, 0.25) is 0 Å². The van der Waals surface area contributed by atoms with E-state index in [0.717, 1.165) is 25.8 Å². The van der Waals surface area contributed by atoms with Crippen molar-refractivity contribution in [2.45, 2.75) is 51.9 Å². The van der Waals surface area contributed by atoms with Crippen LogP contribution in [0.5, 0.6) is 0 Å². The normalized spacial score (nSPS) is 29.6. The topological polar surface area (TPSA) is 21.3 Å². The smallest absolute Gasteiger partial charge is 0.318 e. The Bertz CT molecular complexity index is 164. The fraction of sp³-hybridized carbons (Fsp3) is 1.00. The van der Waals surface area contributed by atoms with Crippen molar-refractivity contribution in [3.05, 3.63) is 0 Å². The summed E-state index contributed by atoms with van der Waals surface area (Å²) in [5.74, 6) is 0.330. The van der Waals surface area contributed by atoms with E-state index in [1.807, 2.05) is 13.8 Å². The average Bonchev–Trinajstić information content (AvgIpc) is 2.28. The first-order valence-corrected chi connectivity index (χ1v) is 5.28. The van der Waals surface area contributed by atoms with Crippen molar-refractivity contribution < 1.29 is 13.5 Å². The second-order valence-electron chi connectivity index (χ2n) is 4.15. The highest BCUT2D eigenvalue weighted by Crippen LogP contribution is 2.20. The molecule has 1 fully saturated rings. The van der Waals surface area contributed by atoms with E-state index in [-0.39, 0.29) is 12.1 Å². The third kappa shape index (κ3) is 3.50. The van der Waals surface area contributed by atoms with Gasteiger partial charge in [-0.15, -0.1) is 0 Å². The molecule has 0 aromatic carbocycles. The van der Waals surface area contributed by atoms with Crippen molar-refractivity contribution in [1.82, 2.24) is 5.32 Å². The molecule has 1 aliphatic heterocycles. The Morgan fingerprint density at radius 3 is 2.57 bits per heavy atom. The third-order valence-corrected chi connectivity index (χ3v) is 2.69. The first kappa shape index (κ1) is 11.9. The van der Waals surface area contributed by atoms with Gasteiger partial charge in [0.15, 0.2) is 0 Å². The predicted octanol–water partition coefficient (Wildman–Crippen LogP) is 2.39. The fourth-order valence-corrected chi connectivity index (χ4v) is 2.00. The molecular weight excluding hydrogens is 188 g/mol. The molecule has 1 heterocycles. The minimum atomic E-state index is -2.65. The second kappa shape index (κ2) is 5.61. The molecule has 1 saturated heterocycles. The molecule has 1 N–H and O–H groups in total. The van der Waals surface area contributed by atoms with E-state index in [1.54, 1.807) is 0 Å². The van der Waals surface area contributed by atoms with E-state index in [2.05, 4.69) is 10.1 Å². The van der Waals surface area contributed by atoms with Gasteiger partial charge in [-0.1, -0.05) is 13.8 Å². The van der Waals surface area contributed by atoms with E-state index < -0.39 is 6.61 Å². The summed E-state index contributed by atoms with van der Waals surface area (Å²) < 4.78 is 28.9. The zero-order chi connectivity index (χ0) is 10.6. The van der Waals surface area contributed by atoms with Crippen LogP contribution in [0.4, 0.5) is 8.78 Å². The van der Waals surface area contributed by atoms with Crippen LogP contribution in [0.15, 0.2) is 0 Å². The molecule has 4 heteroatoms. The highest BCUT2D eigenvalue weighted by atomic mass is 19.3. The van der Waals surface area contributed by atoms with Crippen LogP contribution in [0, 0.1) is 5.92 Å². The van der Waals surface area contributed by atoms with Crippen LogP contribution in [-0.4, -0.2) is 25.3 Å². The Kier molecular flexibility index (Phi) is 4.75. The lowest BCUT2D eigenvalue weighted by Crippen LogP contribution is -2.44. The van der Waals surface area contributed by atoms with Crippen LogP contribution in [0.3, 0.4) is 0 Å². The van der Waals surface area contributed by atoms with Crippen LogP contribution in [0.2, 0.25) is 0 Å². The van der Waals surface area contributed by atoms with Gasteiger partial charge in [0.1, 0.15) is 0 Å². The van der Waals surface area contributed by atoms with Gasteiger partial charge in [-0.25, -0.2) is 0 Å². The summed E-state index contributed by atoms with van der Waals surface area (Å²) >= 11 is 0. The standard InChI is InChI=1S/C10H19F2NO/c1-7(2)9-8(14-10(11)12)5-3-4-6-13-9/h7-10,13H,3-6H2,1-2H3. The van der Waals surface area contributed by atoms with Gasteiger partial charge in [-0.05, 0) is 31.7 Å². The predicted molar refractivity (Wildman–Crippen MR) is 51.4 cm³/mol. The van der Waals surface area contributed by atoms with Crippen molar-refractivity contribution in [2.75, 3.05) is 6.54 Å².